The van der Waals surface area contributed by atoms with Crippen molar-refractivity contribution in [2.24, 2.45) is 0 Å². The molecule has 0 bridgehead atoms. The van der Waals surface area contributed by atoms with E-state index in [1.54, 1.807) is 19.5 Å². The minimum absolute atomic E-state index is 0.399. The SMILES string of the molecule is CCNCc1cc(Cl)c(OCc2cccnc2)c(OC)c1. The van der Waals surface area contributed by atoms with E-state index in [4.69, 9.17) is 21.1 Å². The minimum atomic E-state index is 0.399. The number of methoxy groups -OCH3 is 1. The Bertz CT molecular complexity index is 576. The van der Waals surface area contributed by atoms with Gasteiger partial charge in [0.05, 0.1) is 12.1 Å². The van der Waals surface area contributed by atoms with Gasteiger partial charge in [-0.1, -0.05) is 24.6 Å². The monoisotopic (exact) mass is 306 g/mol. The Balaban J connectivity index is 2.14. The smallest absolute Gasteiger partial charge is 0.180 e. The third-order valence-corrected chi connectivity index (χ3v) is 3.26. The topological polar surface area (TPSA) is 43.4 Å². The van der Waals surface area contributed by atoms with Gasteiger partial charge in [-0.15, -0.1) is 0 Å². The quantitative estimate of drug-likeness (QED) is 0.851. The summed E-state index contributed by atoms with van der Waals surface area (Å²) in [5.41, 5.74) is 2.04. The molecule has 0 spiro atoms. The first-order valence-electron chi connectivity index (χ1n) is 6.83. The van der Waals surface area contributed by atoms with Crippen LogP contribution in [0.5, 0.6) is 11.5 Å². The van der Waals surface area contributed by atoms with Gasteiger partial charge in [0, 0.05) is 24.5 Å². The van der Waals surface area contributed by atoms with E-state index < -0.39 is 0 Å². The lowest BCUT2D eigenvalue weighted by atomic mass is 10.2. The van der Waals surface area contributed by atoms with Crippen molar-refractivity contribution in [1.82, 2.24) is 10.3 Å². The highest BCUT2D eigenvalue weighted by Crippen LogP contribution is 2.36. The normalized spacial score (nSPS) is 10.4. The molecule has 0 fully saturated rings. The lowest BCUT2D eigenvalue weighted by Gasteiger charge is -2.14. The first kappa shape index (κ1) is 15.6. The highest BCUT2D eigenvalue weighted by molar-refractivity contribution is 6.32. The predicted molar refractivity (Wildman–Crippen MR) is 84.0 cm³/mol. The van der Waals surface area contributed by atoms with Crippen molar-refractivity contribution in [1.29, 1.82) is 0 Å². The molecular formula is C16H19ClN2O2. The highest BCUT2D eigenvalue weighted by Gasteiger charge is 2.12. The predicted octanol–water partition coefficient (Wildman–Crippen LogP) is 3.43. The molecule has 2 rings (SSSR count). The van der Waals surface area contributed by atoms with Crippen molar-refractivity contribution in [2.75, 3.05) is 13.7 Å². The molecule has 2 aromatic rings. The first-order chi connectivity index (χ1) is 10.2. The number of hydrogen-bond acceptors (Lipinski definition) is 4. The molecule has 0 atom stereocenters. The second kappa shape index (κ2) is 7.86. The molecular weight excluding hydrogens is 288 g/mol. The summed E-state index contributed by atoms with van der Waals surface area (Å²) < 4.78 is 11.2. The molecule has 0 amide bonds. The van der Waals surface area contributed by atoms with E-state index in [1.807, 2.05) is 24.3 Å². The van der Waals surface area contributed by atoms with Crippen LogP contribution < -0.4 is 14.8 Å². The third kappa shape index (κ3) is 4.34. The van der Waals surface area contributed by atoms with Gasteiger partial charge < -0.3 is 14.8 Å². The zero-order valence-corrected chi connectivity index (χ0v) is 13.0. The van der Waals surface area contributed by atoms with Gasteiger partial charge in [-0.25, -0.2) is 0 Å². The third-order valence-electron chi connectivity index (χ3n) is 2.97. The van der Waals surface area contributed by atoms with E-state index >= 15 is 0 Å². The Morgan fingerprint density at radius 2 is 2.14 bits per heavy atom. The zero-order valence-electron chi connectivity index (χ0n) is 12.2. The van der Waals surface area contributed by atoms with Crippen molar-refractivity contribution in [2.45, 2.75) is 20.1 Å². The molecule has 0 saturated heterocycles. The maximum Gasteiger partial charge on any atom is 0.180 e. The van der Waals surface area contributed by atoms with Crippen LogP contribution in [0.15, 0.2) is 36.7 Å². The Morgan fingerprint density at radius 3 is 2.81 bits per heavy atom. The van der Waals surface area contributed by atoms with Crippen molar-refractivity contribution < 1.29 is 9.47 Å². The van der Waals surface area contributed by atoms with E-state index in [2.05, 4.69) is 17.2 Å². The minimum Gasteiger partial charge on any atom is -0.493 e. The lowest BCUT2D eigenvalue weighted by molar-refractivity contribution is 0.284. The van der Waals surface area contributed by atoms with E-state index in [0.717, 1.165) is 24.2 Å². The molecule has 0 aliphatic carbocycles. The Labute approximate surface area is 130 Å². The van der Waals surface area contributed by atoms with Gasteiger partial charge >= 0.3 is 0 Å². The van der Waals surface area contributed by atoms with Gasteiger partial charge in [0.1, 0.15) is 6.61 Å². The summed E-state index contributed by atoms with van der Waals surface area (Å²) in [7, 11) is 1.61. The second-order valence-electron chi connectivity index (χ2n) is 4.54. The molecule has 21 heavy (non-hydrogen) atoms. The average Bonchev–Trinajstić information content (AvgIpc) is 2.52. The Hall–Kier alpha value is -1.78. The Kier molecular flexibility index (Phi) is 5.84. The molecule has 0 aliphatic rings. The van der Waals surface area contributed by atoms with Crippen LogP contribution in [0.3, 0.4) is 0 Å². The average molecular weight is 307 g/mol. The molecule has 0 radical (unpaired) electrons. The van der Waals surface area contributed by atoms with Crippen LogP contribution in [0, 0.1) is 0 Å². The fourth-order valence-electron chi connectivity index (χ4n) is 1.92. The van der Waals surface area contributed by atoms with Crippen LogP contribution in [-0.4, -0.2) is 18.6 Å². The largest absolute Gasteiger partial charge is 0.493 e. The van der Waals surface area contributed by atoms with Gasteiger partial charge in [-0.05, 0) is 30.3 Å². The molecule has 1 aromatic carbocycles. The van der Waals surface area contributed by atoms with E-state index in [1.165, 1.54) is 0 Å². The molecule has 1 heterocycles. The van der Waals surface area contributed by atoms with Crippen LogP contribution in [0.2, 0.25) is 5.02 Å². The zero-order chi connectivity index (χ0) is 15.1. The number of nitrogens with zero attached hydrogens (tertiary/aromatic N) is 1. The highest BCUT2D eigenvalue weighted by atomic mass is 35.5. The molecule has 4 nitrogen and oxygen atoms in total. The van der Waals surface area contributed by atoms with Crippen molar-refractivity contribution in [3.63, 3.8) is 0 Å². The fourth-order valence-corrected chi connectivity index (χ4v) is 2.21. The van der Waals surface area contributed by atoms with Gasteiger partial charge in [0.2, 0.25) is 0 Å². The van der Waals surface area contributed by atoms with Gasteiger partial charge in [-0.3, -0.25) is 4.98 Å². The van der Waals surface area contributed by atoms with Gasteiger partial charge in [-0.2, -0.15) is 0 Å². The number of benzene rings is 1. The van der Waals surface area contributed by atoms with Crippen molar-refractivity contribution >= 4 is 11.6 Å². The van der Waals surface area contributed by atoms with Gasteiger partial charge in [0.25, 0.3) is 0 Å². The number of halogens is 1. The summed E-state index contributed by atoms with van der Waals surface area (Å²) in [6.07, 6.45) is 3.49. The maximum atomic E-state index is 6.31. The summed E-state index contributed by atoms with van der Waals surface area (Å²) >= 11 is 6.31. The molecule has 1 N–H and O–H groups in total. The summed E-state index contributed by atoms with van der Waals surface area (Å²) in [4.78, 5) is 4.06. The lowest BCUT2D eigenvalue weighted by Crippen LogP contribution is -2.12. The first-order valence-corrected chi connectivity index (χ1v) is 7.21. The molecule has 5 heteroatoms. The number of hydrogen-bond donors (Lipinski definition) is 1. The Morgan fingerprint density at radius 1 is 1.29 bits per heavy atom. The van der Waals surface area contributed by atoms with E-state index in [9.17, 15) is 0 Å². The number of nitrogens with one attached hydrogen (secondary N) is 1. The van der Waals surface area contributed by atoms with E-state index in [0.29, 0.717) is 23.1 Å². The van der Waals surface area contributed by atoms with Crippen molar-refractivity contribution in [3.8, 4) is 11.5 Å². The van der Waals surface area contributed by atoms with Crippen LogP contribution >= 0.6 is 11.6 Å². The van der Waals surface area contributed by atoms with Crippen molar-refractivity contribution in [3.05, 3.63) is 52.8 Å². The second-order valence-corrected chi connectivity index (χ2v) is 4.95. The summed E-state index contributed by atoms with van der Waals surface area (Å²) in [6, 6.07) is 7.66. The summed E-state index contributed by atoms with van der Waals surface area (Å²) in [5.74, 6) is 1.20. The maximum absolute atomic E-state index is 6.31. The van der Waals surface area contributed by atoms with Crippen LogP contribution in [-0.2, 0) is 13.2 Å². The number of pyridine rings is 1. The fraction of sp³-hybridized carbons (Fsp3) is 0.312. The van der Waals surface area contributed by atoms with Gasteiger partial charge in [0.15, 0.2) is 11.5 Å². The van der Waals surface area contributed by atoms with E-state index in [-0.39, 0.29) is 0 Å². The van der Waals surface area contributed by atoms with Crippen LogP contribution in [0.1, 0.15) is 18.1 Å². The molecule has 0 aliphatic heterocycles. The molecule has 112 valence electrons. The molecule has 0 unspecified atom stereocenters. The number of aromatic nitrogens is 1. The number of ether oxygens (including phenoxy) is 2. The molecule has 1 aromatic heterocycles. The van der Waals surface area contributed by atoms with Crippen LogP contribution in [0.25, 0.3) is 0 Å². The summed E-state index contributed by atoms with van der Waals surface area (Å²) in [6.45, 7) is 4.11. The standard InChI is InChI=1S/C16H19ClN2O2/c1-3-18-10-13-7-14(17)16(15(8-13)20-2)21-11-12-5-4-6-19-9-12/h4-9,18H,3,10-11H2,1-2H3. The number of rotatable bonds is 7. The summed E-state index contributed by atoms with van der Waals surface area (Å²) in [5, 5.41) is 3.80. The van der Waals surface area contributed by atoms with Crippen LogP contribution in [0.4, 0.5) is 0 Å². The molecule has 0 saturated carbocycles.